The topological polar surface area (TPSA) is 65.5 Å². The van der Waals surface area contributed by atoms with Crippen LogP contribution in [0.15, 0.2) is 18.2 Å². The molecule has 0 spiro atoms. The summed E-state index contributed by atoms with van der Waals surface area (Å²) in [6.07, 6.45) is -1.46. The highest BCUT2D eigenvalue weighted by Crippen LogP contribution is 2.54. The van der Waals surface area contributed by atoms with Crippen LogP contribution >= 0.6 is 12.0 Å². The molecule has 23 heavy (non-hydrogen) atoms. The molecule has 1 aromatic rings. The van der Waals surface area contributed by atoms with Crippen molar-refractivity contribution in [2.45, 2.75) is 18.0 Å². The maximum Gasteiger partial charge on any atom is 0.433 e. The Morgan fingerprint density at radius 2 is 2.13 bits per heavy atom. The second kappa shape index (κ2) is 6.58. The first kappa shape index (κ1) is 18.5. The summed E-state index contributed by atoms with van der Waals surface area (Å²) in [5.41, 5.74) is -1.49. The van der Waals surface area contributed by atoms with Crippen molar-refractivity contribution in [2.24, 2.45) is 5.92 Å². The van der Waals surface area contributed by atoms with Gasteiger partial charge in [0.05, 0.1) is 19.5 Å². The lowest BCUT2D eigenvalue weighted by atomic mass is 9.99. The van der Waals surface area contributed by atoms with Gasteiger partial charge in [0, 0.05) is 17.4 Å². The Morgan fingerprint density at radius 1 is 1.43 bits per heavy atom. The van der Waals surface area contributed by atoms with Crippen LogP contribution in [-0.4, -0.2) is 39.1 Å². The van der Waals surface area contributed by atoms with Crippen molar-refractivity contribution >= 4 is 22.2 Å². The lowest BCUT2D eigenvalue weighted by Crippen LogP contribution is -2.22. The molecule has 1 aliphatic carbocycles. The number of hydrogen-bond donors (Lipinski definition) is 0. The van der Waals surface area contributed by atoms with E-state index in [1.165, 1.54) is 12.1 Å². The molecule has 1 aliphatic rings. The predicted octanol–water partition coefficient (Wildman–Crippen LogP) is 2.63. The fourth-order valence-corrected chi connectivity index (χ4v) is 3.14. The van der Waals surface area contributed by atoms with E-state index in [9.17, 15) is 21.6 Å². The summed E-state index contributed by atoms with van der Waals surface area (Å²) in [5, 5.41) is 0. The van der Waals surface area contributed by atoms with Crippen molar-refractivity contribution in [3.63, 3.8) is 0 Å². The van der Waals surface area contributed by atoms with Crippen molar-refractivity contribution in [3.8, 4) is 0 Å². The maximum absolute atomic E-state index is 12.8. The van der Waals surface area contributed by atoms with Gasteiger partial charge in [-0.25, -0.2) is 4.98 Å². The molecule has 1 aromatic heterocycles. The quantitative estimate of drug-likeness (QED) is 0.542. The summed E-state index contributed by atoms with van der Waals surface area (Å²) in [5.74, 6) is -0.264. The molecule has 2 rings (SSSR count). The Balaban J connectivity index is 2.24. The number of aromatic nitrogens is 1. The van der Waals surface area contributed by atoms with E-state index in [1.54, 1.807) is 6.26 Å². The van der Waals surface area contributed by atoms with Gasteiger partial charge in [-0.1, -0.05) is 6.07 Å². The van der Waals surface area contributed by atoms with Crippen LogP contribution in [0.2, 0.25) is 0 Å². The highest BCUT2D eigenvalue weighted by molar-refractivity contribution is 7.93. The minimum absolute atomic E-state index is 0.103. The van der Waals surface area contributed by atoms with Crippen molar-refractivity contribution in [2.75, 3.05) is 25.7 Å². The Hall–Kier alpha value is -0.840. The van der Waals surface area contributed by atoms with Crippen LogP contribution in [0.4, 0.5) is 13.2 Å². The second-order valence-corrected chi connectivity index (χ2v) is 7.59. The van der Waals surface area contributed by atoms with E-state index < -0.39 is 27.4 Å². The van der Waals surface area contributed by atoms with Gasteiger partial charge in [-0.2, -0.15) is 21.6 Å². The van der Waals surface area contributed by atoms with Crippen molar-refractivity contribution in [1.82, 2.24) is 4.98 Å². The molecule has 1 saturated carbocycles. The molecule has 0 aliphatic heterocycles. The summed E-state index contributed by atoms with van der Waals surface area (Å²) in [7, 11) is -3.61. The molecular weight excluding hydrogens is 355 g/mol. The molecule has 1 heterocycles. The van der Waals surface area contributed by atoms with Crippen molar-refractivity contribution in [1.29, 1.82) is 0 Å². The van der Waals surface area contributed by atoms with E-state index in [1.807, 2.05) is 0 Å². The molecule has 130 valence electrons. The molecule has 0 N–H and O–H groups in total. The van der Waals surface area contributed by atoms with Crippen LogP contribution in [0.25, 0.3) is 0 Å². The molecule has 0 radical (unpaired) electrons. The third-order valence-electron chi connectivity index (χ3n) is 3.70. The van der Waals surface area contributed by atoms with Gasteiger partial charge in [-0.3, -0.25) is 4.18 Å². The van der Waals surface area contributed by atoms with E-state index in [0.29, 0.717) is 6.42 Å². The SMILES string of the molecule is CSOCC1(c2cccc(C(F)(F)F)n2)CC1COS(C)(=O)=O. The zero-order valence-corrected chi connectivity index (χ0v) is 14.1. The molecule has 2 unspecified atom stereocenters. The molecular formula is C13H16F3NO4S2. The van der Waals surface area contributed by atoms with Crippen molar-refractivity contribution in [3.05, 3.63) is 29.6 Å². The molecule has 5 nitrogen and oxygen atoms in total. The molecule has 2 atom stereocenters. The summed E-state index contributed by atoms with van der Waals surface area (Å²) in [6, 6.07) is 3.69. The minimum Gasteiger partial charge on any atom is -0.315 e. The van der Waals surface area contributed by atoms with Crippen LogP contribution in [0.5, 0.6) is 0 Å². The maximum atomic E-state index is 12.8. The fourth-order valence-electron chi connectivity index (χ4n) is 2.40. The molecule has 0 aromatic carbocycles. The standard InChI is InChI=1S/C13H16F3NO4S2/c1-22-20-8-12(6-9(12)7-21-23(2,18)19)10-4-3-5-11(17-10)13(14,15)16/h3-5,9H,6-8H2,1-2H3. The number of pyridine rings is 1. The van der Waals surface area contributed by atoms with Gasteiger partial charge in [-0.05, 0) is 36.5 Å². The van der Waals surface area contributed by atoms with Gasteiger partial charge >= 0.3 is 6.18 Å². The monoisotopic (exact) mass is 371 g/mol. The fraction of sp³-hybridized carbons (Fsp3) is 0.615. The number of rotatable bonds is 7. The third kappa shape index (κ3) is 4.59. The lowest BCUT2D eigenvalue weighted by molar-refractivity contribution is -0.141. The number of hydrogen-bond acceptors (Lipinski definition) is 6. The Labute approximate surface area is 136 Å². The normalized spacial score (nSPS) is 24.7. The Kier molecular flexibility index (Phi) is 5.29. The smallest absolute Gasteiger partial charge is 0.315 e. The van der Waals surface area contributed by atoms with Crippen LogP contribution in [0.1, 0.15) is 17.8 Å². The van der Waals surface area contributed by atoms with Gasteiger partial charge < -0.3 is 4.18 Å². The minimum atomic E-state index is -4.54. The number of nitrogens with zero attached hydrogens (tertiary/aromatic N) is 1. The largest absolute Gasteiger partial charge is 0.433 e. The van der Waals surface area contributed by atoms with Gasteiger partial charge in [0.15, 0.2) is 0 Å². The highest BCUT2D eigenvalue weighted by atomic mass is 32.2. The van der Waals surface area contributed by atoms with Gasteiger partial charge in [0.25, 0.3) is 10.1 Å². The van der Waals surface area contributed by atoms with E-state index >= 15 is 0 Å². The highest BCUT2D eigenvalue weighted by Gasteiger charge is 2.57. The van der Waals surface area contributed by atoms with Gasteiger partial charge in [-0.15, -0.1) is 0 Å². The number of halogens is 3. The summed E-state index contributed by atoms with van der Waals surface area (Å²) >= 11 is 1.09. The first-order valence-corrected chi connectivity index (χ1v) is 9.60. The van der Waals surface area contributed by atoms with E-state index in [4.69, 9.17) is 8.37 Å². The van der Waals surface area contributed by atoms with E-state index in [-0.39, 0.29) is 24.8 Å². The second-order valence-electron chi connectivity index (χ2n) is 5.38. The zero-order chi connectivity index (χ0) is 17.3. The first-order chi connectivity index (χ1) is 10.6. The zero-order valence-electron chi connectivity index (χ0n) is 12.5. The summed E-state index contributed by atoms with van der Waals surface area (Å²) in [6.45, 7) is 0.0365. The average Bonchev–Trinajstić information content (AvgIpc) is 3.16. The molecule has 0 amide bonds. The van der Waals surface area contributed by atoms with Crippen LogP contribution < -0.4 is 0 Å². The van der Waals surface area contributed by atoms with Crippen LogP contribution in [0, 0.1) is 5.92 Å². The molecule has 0 bridgehead atoms. The lowest BCUT2D eigenvalue weighted by Gasteiger charge is -2.18. The molecule has 0 saturated heterocycles. The first-order valence-electron chi connectivity index (χ1n) is 6.63. The van der Waals surface area contributed by atoms with Crippen LogP contribution in [0.3, 0.4) is 0 Å². The van der Waals surface area contributed by atoms with Crippen LogP contribution in [-0.2, 0) is 30.1 Å². The van der Waals surface area contributed by atoms with E-state index in [0.717, 1.165) is 24.4 Å². The third-order valence-corrected chi connectivity index (χ3v) is 4.62. The number of alkyl halides is 3. The van der Waals surface area contributed by atoms with Gasteiger partial charge in [0.2, 0.25) is 0 Å². The van der Waals surface area contributed by atoms with Crippen molar-refractivity contribution < 1.29 is 30.0 Å². The Morgan fingerprint density at radius 3 is 2.70 bits per heavy atom. The summed E-state index contributed by atoms with van der Waals surface area (Å²) in [4.78, 5) is 3.71. The molecule has 1 fully saturated rings. The molecule has 10 heteroatoms. The predicted molar refractivity (Wildman–Crippen MR) is 79.3 cm³/mol. The van der Waals surface area contributed by atoms with Gasteiger partial charge in [0.1, 0.15) is 5.69 Å². The Bertz CT molecular complexity index is 665. The summed E-state index contributed by atoms with van der Waals surface area (Å²) < 4.78 is 70.7. The van der Waals surface area contributed by atoms with E-state index in [2.05, 4.69) is 4.98 Å². The average molecular weight is 371 g/mol.